The third kappa shape index (κ3) is 3.98. The van der Waals surface area contributed by atoms with Crippen LogP contribution in [0.25, 0.3) is 5.69 Å². The Hall–Kier alpha value is -1.53. The minimum Gasteiger partial charge on any atom is -0.284 e. The first-order valence-electron chi connectivity index (χ1n) is 6.31. The highest BCUT2D eigenvalue weighted by Crippen LogP contribution is 2.16. The molecule has 0 fully saturated rings. The topological polar surface area (TPSA) is 64.0 Å². The lowest BCUT2D eigenvalue weighted by Gasteiger charge is -2.08. The van der Waals surface area contributed by atoms with Gasteiger partial charge in [-0.1, -0.05) is 24.9 Å². The molecule has 0 radical (unpaired) electrons. The number of hydrogen-bond donors (Lipinski definition) is 1. The number of benzene rings is 1. The summed E-state index contributed by atoms with van der Waals surface area (Å²) in [5.41, 5.74) is 1.36. The minimum atomic E-state index is -3.26. The van der Waals surface area contributed by atoms with Gasteiger partial charge in [-0.3, -0.25) is 4.72 Å². The number of nitrogens with one attached hydrogen (secondary N) is 1. The van der Waals surface area contributed by atoms with Crippen molar-refractivity contribution in [3.05, 3.63) is 41.7 Å². The molecule has 0 atom stereocenters. The fraction of sp³-hybridized carbons (Fsp3) is 0.308. The molecule has 5 nitrogen and oxygen atoms in total. The Morgan fingerprint density at radius 3 is 2.55 bits per heavy atom. The maximum Gasteiger partial charge on any atom is 0.232 e. The number of anilines is 1. The number of rotatable bonds is 6. The maximum atomic E-state index is 11.8. The molecule has 0 bridgehead atoms. The molecule has 2 aromatic rings. The van der Waals surface area contributed by atoms with Crippen LogP contribution >= 0.6 is 11.6 Å². The molecule has 0 aliphatic carbocycles. The van der Waals surface area contributed by atoms with Crippen molar-refractivity contribution in [2.75, 3.05) is 10.5 Å². The summed E-state index contributed by atoms with van der Waals surface area (Å²) < 4.78 is 27.7. The van der Waals surface area contributed by atoms with Crippen LogP contribution in [0.4, 0.5) is 5.69 Å². The fourth-order valence-electron chi connectivity index (χ4n) is 1.69. The number of halogens is 1. The number of aromatic nitrogens is 2. The maximum absolute atomic E-state index is 11.8. The molecule has 0 aliphatic heterocycles. The van der Waals surface area contributed by atoms with Gasteiger partial charge in [0.05, 0.1) is 22.7 Å². The lowest BCUT2D eigenvalue weighted by Crippen LogP contribution is -2.16. The van der Waals surface area contributed by atoms with E-state index in [4.69, 9.17) is 11.6 Å². The van der Waals surface area contributed by atoms with Crippen molar-refractivity contribution in [3.63, 3.8) is 0 Å². The van der Waals surface area contributed by atoms with Crippen LogP contribution in [0.1, 0.15) is 19.8 Å². The second kappa shape index (κ2) is 6.28. The number of hydrogen-bond acceptors (Lipinski definition) is 3. The van der Waals surface area contributed by atoms with Crippen LogP contribution in [-0.2, 0) is 10.0 Å². The Bertz CT molecular complexity index is 665. The van der Waals surface area contributed by atoms with Crippen molar-refractivity contribution >= 4 is 27.3 Å². The molecule has 108 valence electrons. The van der Waals surface area contributed by atoms with Crippen LogP contribution in [0, 0.1) is 0 Å². The first kappa shape index (κ1) is 14.9. The highest BCUT2D eigenvalue weighted by atomic mass is 35.5. The normalized spacial score (nSPS) is 11.5. The molecule has 0 saturated heterocycles. The van der Waals surface area contributed by atoms with E-state index < -0.39 is 10.0 Å². The number of nitrogens with zero attached hydrogens (tertiary/aromatic N) is 2. The van der Waals surface area contributed by atoms with E-state index in [0.717, 1.165) is 12.1 Å². The van der Waals surface area contributed by atoms with Crippen molar-refractivity contribution in [2.24, 2.45) is 0 Å². The molecular weight excluding hydrogens is 298 g/mol. The largest absolute Gasteiger partial charge is 0.284 e. The quantitative estimate of drug-likeness (QED) is 0.891. The molecule has 1 aromatic heterocycles. The van der Waals surface area contributed by atoms with Crippen LogP contribution in [0.5, 0.6) is 0 Å². The first-order valence-corrected chi connectivity index (χ1v) is 8.34. The van der Waals surface area contributed by atoms with Gasteiger partial charge in [0.1, 0.15) is 0 Å². The van der Waals surface area contributed by atoms with Crippen molar-refractivity contribution < 1.29 is 8.42 Å². The molecule has 7 heteroatoms. The van der Waals surface area contributed by atoms with Gasteiger partial charge in [-0.25, -0.2) is 13.1 Å². The van der Waals surface area contributed by atoms with E-state index in [1.165, 1.54) is 0 Å². The van der Waals surface area contributed by atoms with E-state index >= 15 is 0 Å². The Morgan fingerprint density at radius 2 is 2.00 bits per heavy atom. The lowest BCUT2D eigenvalue weighted by atomic mass is 10.3. The summed E-state index contributed by atoms with van der Waals surface area (Å²) in [5, 5.41) is 4.63. The van der Waals surface area contributed by atoms with Crippen LogP contribution < -0.4 is 4.72 Å². The summed E-state index contributed by atoms with van der Waals surface area (Å²) in [4.78, 5) is 0. The predicted octanol–water partition coefficient (Wildman–Crippen LogP) is 3.07. The van der Waals surface area contributed by atoms with E-state index in [1.807, 2.05) is 6.92 Å². The fourth-order valence-corrected chi connectivity index (χ4v) is 3.09. The third-order valence-corrected chi connectivity index (χ3v) is 4.29. The zero-order valence-electron chi connectivity index (χ0n) is 11.1. The molecule has 0 aliphatic rings. The van der Waals surface area contributed by atoms with Gasteiger partial charge >= 0.3 is 0 Å². The minimum absolute atomic E-state index is 0.139. The summed E-state index contributed by atoms with van der Waals surface area (Å²) in [7, 11) is -3.26. The molecule has 1 N–H and O–H groups in total. The standard InChI is InChI=1S/C13H16ClN3O2S/c1-2-3-8-20(18,19)16-12-4-6-13(7-5-12)17-10-11(14)9-15-17/h4-7,9-10,16H,2-3,8H2,1H3. The summed E-state index contributed by atoms with van der Waals surface area (Å²) in [6.07, 6.45) is 4.73. The molecule has 0 spiro atoms. The van der Waals surface area contributed by atoms with Crippen LogP contribution in [0.2, 0.25) is 5.02 Å². The average molecular weight is 314 g/mol. The van der Waals surface area contributed by atoms with Gasteiger partial charge in [0, 0.05) is 11.9 Å². The smallest absolute Gasteiger partial charge is 0.232 e. The molecule has 1 heterocycles. The molecule has 0 amide bonds. The molecule has 0 saturated carbocycles. The Kier molecular flexibility index (Phi) is 4.67. The summed E-state index contributed by atoms with van der Waals surface area (Å²) in [6, 6.07) is 6.96. The number of sulfonamides is 1. The van der Waals surface area contributed by atoms with Crippen LogP contribution in [0.15, 0.2) is 36.7 Å². The Morgan fingerprint density at radius 1 is 1.30 bits per heavy atom. The molecular formula is C13H16ClN3O2S. The highest BCUT2D eigenvalue weighted by Gasteiger charge is 2.09. The van der Waals surface area contributed by atoms with Gasteiger partial charge in [-0.2, -0.15) is 5.10 Å². The highest BCUT2D eigenvalue weighted by molar-refractivity contribution is 7.92. The van der Waals surface area contributed by atoms with E-state index in [-0.39, 0.29) is 5.75 Å². The second-order valence-corrected chi connectivity index (χ2v) is 6.70. The van der Waals surface area contributed by atoms with Gasteiger partial charge in [-0.05, 0) is 30.7 Å². The summed E-state index contributed by atoms with van der Waals surface area (Å²) >= 11 is 5.80. The zero-order valence-corrected chi connectivity index (χ0v) is 12.7. The Labute approximate surface area is 123 Å². The van der Waals surface area contributed by atoms with Crippen molar-refractivity contribution in [1.82, 2.24) is 9.78 Å². The summed E-state index contributed by atoms with van der Waals surface area (Å²) in [5.74, 6) is 0.139. The predicted molar refractivity (Wildman–Crippen MR) is 80.9 cm³/mol. The lowest BCUT2D eigenvalue weighted by molar-refractivity contribution is 0.598. The molecule has 20 heavy (non-hydrogen) atoms. The molecule has 1 aromatic carbocycles. The van der Waals surface area contributed by atoms with E-state index in [0.29, 0.717) is 17.1 Å². The monoisotopic (exact) mass is 313 g/mol. The third-order valence-electron chi connectivity index (χ3n) is 2.72. The van der Waals surface area contributed by atoms with Gasteiger partial charge in [0.2, 0.25) is 10.0 Å². The van der Waals surface area contributed by atoms with Crippen molar-refractivity contribution in [3.8, 4) is 5.69 Å². The van der Waals surface area contributed by atoms with Crippen LogP contribution in [-0.4, -0.2) is 24.0 Å². The van der Waals surface area contributed by atoms with Crippen molar-refractivity contribution in [2.45, 2.75) is 19.8 Å². The van der Waals surface area contributed by atoms with Gasteiger partial charge < -0.3 is 0 Å². The van der Waals surface area contributed by atoms with Gasteiger partial charge in [-0.15, -0.1) is 0 Å². The SMILES string of the molecule is CCCCS(=O)(=O)Nc1ccc(-n2cc(Cl)cn2)cc1. The number of unbranched alkanes of at least 4 members (excludes halogenated alkanes) is 1. The van der Waals surface area contributed by atoms with Gasteiger partial charge in [0.15, 0.2) is 0 Å². The van der Waals surface area contributed by atoms with E-state index in [2.05, 4.69) is 9.82 Å². The second-order valence-electron chi connectivity index (χ2n) is 4.42. The zero-order chi connectivity index (χ0) is 14.6. The molecule has 2 rings (SSSR count). The van der Waals surface area contributed by atoms with E-state index in [9.17, 15) is 8.42 Å². The first-order chi connectivity index (χ1) is 9.50. The molecule has 0 unspecified atom stereocenters. The van der Waals surface area contributed by atoms with Gasteiger partial charge in [0.25, 0.3) is 0 Å². The van der Waals surface area contributed by atoms with E-state index in [1.54, 1.807) is 41.3 Å². The Balaban J connectivity index is 2.09. The van der Waals surface area contributed by atoms with Crippen LogP contribution in [0.3, 0.4) is 0 Å². The summed E-state index contributed by atoms with van der Waals surface area (Å²) in [6.45, 7) is 1.96. The van der Waals surface area contributed by atoms with Crippen molar-refractivity contribution in [1.29, 1.82) is 0 Å². The average Bonchev–Trinajstić information content (AvgIpc) is 2.84.